The summed E-state index contributed by atoms with van der Waals surface area (Å²) in [4.78, 5) is 6.95. The fraction of sp³-hybridized carbons (Fsp3) is 0.600. The number of piperidine rings is 1. The van der Waals surface area contributed by atoms with E-state index >= 15 is 0 Å². The number of likely N-dealkylation sites (tertiary alicyclic amines) is 1. The number of halogens is 3. The molecule has 1 saturated heterocycles. The Morgan fingerprint density at radius 2 is 1.74 bits per heavy atom. The molecule has 3 rings (SSSR count). The molecule has 1 aliphatic heterocycles. The highest BCUT2D eigenvalue weighted by molar-refractivity contribution is 5.53. The van der Waals surface area contributed by atoms with Crippen molar-refractivity contribution in [1.29, 1.82) is 0 Å². The lowest BCUT2D eigenvalue weighted by molar-refractivity contribution is -0.137. The number of nitrogens with zero attached hydrogens (tertiary/aromatic N) is 3. The molecule has 0 unspecified atom stereocenters. The Bertz CT molecular complexity index is 715. The van der Waals surface area contributed by atoms with Crippen molar-refractivity contribution in [2.75, 3.05) is 13.1 Å². The number of alkyl halides is 3. The highest BCUT2D eigenvalue weighted by atomic mass is 19.4. The van der Waals surface area contributed by atoms with Crippen molar-refractivity contribution < 1.29 is 17.7 Å². The standard InChI is InChI=1S/C20H26F3N3O/c1-3-17(4-2)26-11-9-14(10-12-26)13-18-24-19(27-25-18)15-5-7-16(8-6-15)20(21,22)23/h5-8,14,17H,3-4,9-13H2,1-2H3. The number of aromatic nitrogens is 2. The van der Waals surface area contributed by atoms with Gasteiger partial charge in [0.15, 0.2) is 5.82 Å². The Morgan fingerprint density at radius 3 is 2.30 bits per heavy atom. The molecule has 1 aromatic carbocycles. The monoisotopic (exact) mass is 381 g/mol. The zero-order valence-electron chi connectivity index (χ0n) is 15.8. The molecule has 0 spiro atoms. The molecule has 4 nitrogen and oxygen atoms in total. The van der Waals surface area contributed by atoms with Gasteiger partial charge in [-0.2, -0.15) is 18.2 Å². The molecule has 0 amide bonds. The number of benzene rings is 1. The maximum absolute atomic E-state index is 12.7. The normalized spacial score (nSPS) is 17.0. The summed E-state index contributed by atoms with van der Waals surface area (Å²) in [6.45, 7) is 6.67. The molecule has 0 N–H and O–H groups in total. The summed E-state index contributed by atoms with van der Waals surface area (Å²) in [6.07, 6.45) is 0.995. The highest BCUT2D eigenvalue weighted by Gasteiger charge is 2.30. The molecule has 0 bridgehead atoms. The lowest BCUT2D eigenvalue weighted by Crippen LogP contribution is -2.41. The summed E-state index contributed by atoms with van der Waals surface area (Å²) in [7, 11) is 0. The SMILES string of the molecule is CCC(CC)N1CCC(Cc2noc(-c3ccc(C(F)(F)F)cc3)n2)CC1. The topological polar surface area (TPSA) is 42.2 Å². The second-order valence-corrected chi connectivity index (χ2v) is 7.24. The van der Waals surface area contributed by atoms with Crippen LogP contribution in [0.2, 0.25) is 0 Å². The quantitative estimate of drug-likeness (QED) is 0.690. The molecule has 148 valence electrons. The molecule has 1 fully saturated rings. The van der Waals surface area contributed by atoms with Gasteiger partial charge >= 0.3 is 6.18 Å². The van der Waals surface area contributed by atoms with Gasteiger partial charge < -0.3 is 9.42 Å². The molecule has 1 aromatic heterocycles. The van der Waals surface area contributed by atoms with E-state index in [-0.39, 0.29) is 5.89 Å². The number of hydrogen-bond acceptors (Lipinski definition) is 4. The summed E-state index contributed by atoms with van der Waals surface area (Å²) in [5.74, 6) is 1.42. The Kier molecular flexibility index (Phi) is 6.19. The number of rotatable bonds is 6. The van der Waals surface area contributed by atoms with Gasteiger partial charge in [0.25, 0.3) is 5.89 Å². The average molecular weight is 381 g/mol. The third-order valence-electron chi connectivity index (χ3n) is 5.51. The summed E-state index contributed by atoms with van der Waals surface area (Å²) < 4.78 is 43.2. The Hall–Kier alpha value is -1.89. The van der Waals surface area contributed by atoms with E-state index in [1.807, 2.05) is 0 Å². The van der Waals surface area contributed by atoms with Gasteiger partial charge in [-0.15, -0.1) is 0 Å². The van der Waals surface area contributed by atoms with Gasteiger partial charge in [0.1, 0.15) is 0 Å². The van der Waals surface area contributed by atoms with Crippen molar-refractivity contribution >= 4 is 0 Å². The molecule has 0 aliphatic carbocycles. The zero-order valence-corrected chi connectivity index (χ0v) is 15.8. The molecule has 2 heterocycles. The van der Waals surface area contributed by atoms with Crippen LogP contribution in [0.1, 0.15) is 50.9 Å². The first-order valence-corrected chi connectivity index (χ1v) is 9.65. The summed E-state index contributed by atoms with van der Waals surface area (Å²) >= 11 is 0. The number of hydrogen-bond donors (Lipinski definition) is 0. The van der Waals surface area contributed by atoms with Crippen molar-refractivity contribution in [2.24, 2.45) is 5.92 Å². The lowest BCUT2D eigenvalue weighted by atomic mass is 9.92. The molecule has 0 atom stereocenters. The second kappa shape index (κ2) is 8.42. The Labute approximate surface area is 157 Å². The summed E-state index contributed by atoms with van der Waals surface area (Å²) in [6, 6.07) is 5.48. The van der Waals surface area contributed by atoms with Gasteiger partial charge in [-0.3, -0.25) is 0 Å². The van der Waals surface area contributed by atoms with E-state index < -0.39 is 11.7 Å². The molecule has 0 saturated carbocycles. The lowest BCUT2D eigenvalue weighted by Gasteiger charge is -2.36. The summed E-state index contributed by atoms with van der Waals surface area (Å²) in [5.41, 5.74) is -0.180. The van der Waals surface area contributed by atoms with Crippen molar-refractivity contribution in [1.82, 2.24) is 15.0 Å². The third-order valence-corrected chi connectivity index (χ3v) is 5.51. The van der Waals surface area contributed by atoms with Crippen LogP contribution in [0.25, 0.3) is 11.5 Å². The van der Waals surface area contributed by atoms with Crippen molar-refractivity contribution in [3.63, 3.8) is 0 Å². The van der Waals surface area contributed by atoms with Crippen LogP contribution in [0, 0.1) is 5.92 Å². The maximum atomic E-state index is 12.7. The van der Waals surface area contributed by atoms with E-state index in [1.54, 1.807) is 0 Å². The molecular weight excluding hydrogens is 355 g/mol. The average Bonchev–Trinajstić information content (AvgIpc) is 3.12. The zero-order chi connectivity index (χ0) is 19.4. The largest absolute Gasteiger partial charge is 0.416 e. The van der Waals surface area contributed by atoms with Crippen LogP contribution < -0.4 is 0 Å². The van der Waals surface area contributed by atoms with E-state index in [2.05, 4.69) is 28.9 Å². The van der Waals surface area contributed by atoms with Gasteiger partial charge in [-0.25, -0.2) is 0 Å². The van der Waals surface area contributed by atoms with Crippen LogP contribution in [0.15, 0.2) is 28.8 Å². The van der Waals surface area contributed by atoms with E-state index in [0.29, 0.717) is 23.3 Å². The minimum atomic E-state index is -4.35. The van der Waals surface area contributed by atoms with Gasteiger partial charge in [-0.05, 0) is 69.0 Å². The van der Waals surface area contributed by atoms with Gasteiger partial charge in [0, 0.05) is 18.0 Å². The smallest absolute Gasteiger partial charge is 0.334 e. The molecular formula is C20H26F3N3O. The molecule has 1 aliphatic rings. The van der Waals surface area contributed by atoms with E-state index in [9.17, 15) is 13.2 Å². The van der Waals surface area contributed by atoms with Crippen LogP contribution in [0.5, 0.6) is 0 Å². The first kappa shape index (κ1) is 19.9. The van der Waals surface area contributed by atoms with Crippen LogP contribution in [0.3, 0.4) is 0 Å². The van der Waals surface area contributed by atoms with Crippen molar-refractivity contribution in [2.45, 2.75) is 58.2 Å². The Morgan fingerprint density at radius 1 is 1.11 bits per heavy atom. The van der Waals surface area contributed by atoms with E-state index in [0.717, 1.165) is 44.5 Å². The van der Waals surface area contributed by atoms with Crippen molar-refractivity contribution in [3.8, 4) is 11.5 Å². The Balaban J connectivity index is 1.57. The fourth-order valence-electron chi connectivity index (χ4n) is 3.84. The fourth-order valence-corrected chi connectivity index (χ4v) is 3.84. The molecule has 2 aromatic rings. The van der Waals surface area contributed by atoms with Gasteiger partial charge in [-0.1, -0.05) is 19.0 Å². The van der Waals surface area contributed by atoms with Crippen LogP contribution in [0.4, 0.5) is 13.2 Å². The van der Waals surface area contributed by atoms with Gasteiger partial charge in [0.2, 0.25) is 0 Å². The molecule has 7 heteroatoms. The minimum absolute atomic E-state index is 0.271. The van der Waals surface area contributed by atoms with Crippen LogP contribution >= 0.6 is 0 Å². The van der Waals surface area contributed by atoms with Crippen LogP contribution in [-0.4, -0.2) is 34.2 Å². The van der Waals surface area contributed by atoms with E-state index in [4.69, 9.17) is 4.52 Å². The third kappa shape index (κ3) is 4.89. The van der Waals surface area contributed by atoms with E-state index in [1.165, 1.54) is 25.0 Å². The summed E-state index contributed by atoms with van der Waals surface area (Å²) in [5, 5.41) is 4.02. The second-order valence-electron chi connectivity index (χ2n) is 7.24. The predicted molar refractivity (Wildman–Crippen MR) is 97.1 cm³/mol. The first-order valence-electron chi connectivity index (χ1n) is 9.65. The maximum Gasteiger partial charge on any atom is 0.416 e. The molecule has 27 heavy (non-hydrogen) atoms. The van der Waals surface area contributed by atoms with Crippen LogP contribution in [-0.2, 0) is 12.6 Å². The predicted octanol–water partition coefficient (Wildman–Crippen LogP) is 5.20. The first-order chi connectivity index (χ1) is 12.9. The minimum Gasteiger partial charge on any atom is -0.334 e. The highest BCUT2D eigenvalue weighted by Crippen LogP contribution is 2.31. The van der Waals surface area contributed by atoms with Crippen molar-refractivity contribution in [3.05, 3.63) is 35.7 Å². The van der Waals surface area contributed by atoms with Gasteiger partial charge in [0.05, 0.1) is 5.56 Å². The molecule has 0 radical (unpaired) electrons.